The zero-order valence-electron chi connectivity index (χ0n) is 13.4. The Balaban J connectivity index is 1.67. The first-order chi connectivity index (χ1) is 11.8. The molecular weight excluding hydrogens is 294 g/mol. The summed E-state index contributed by atoms with van der Waals surface area (Å²) in [6, 6.07) is 22.8. The Morgan fingerprint density at radius 1 is 0.792 bits per heavy atom. The lowest BCUT2D eigenvalue weighted by Crippen LogP contribution is -1.96. The van der Waals surface area contributed by atoms with E-state index in [0.717, 1.165) is 28.1 Å². The quantitative estimate of drug-likeness (QED) is 0.554. The van der Waals surface area contributed by atoms with Gasteiger partial charge in [0.15, 0.2) is 0 Å². The maximum absolute atomic E-state index is 4.66. The fourth-order valence-corrected chi connectivity index (χ4v) is 2.85. The molecule has 0 unspecified atom stereocenters. The van der Waals surface area contributed by atoms with Crippen molar-refractivity contribution in [2.24, 2.45) is 0 Å². The molecule has 0 aliphatic heterocycles. The lowest BCUT2D eigenvalue weighted by molar-refractivity contribution is 1.22. The van der Waals surface area contributed by atoms with Crippen LogP contribution in [0.3, 0.4) is 0 Å². The standard InChI is InChI=1S/C21H17N3/c1-15-14-18-4-2-3-5-20(18)21(23-15)24-19-8-6-16(7-9-19)17-10-12-22-13-11-17/h2-14H,1H3,(H,23,24). The van der Waals surface area contributed by atoms with Crippen molar-refractivity contribution < 1.29 is 0 Å². The first-order valence-electron chi connectivity index (χ1n) is 7.93. The minimum absolute atomic E-state index is 0.891. The molecule has 2 heterocycles. The van der Waals surface area contributed by atoms with Gasteiger partial charge in [0.05, 0.1) is 0 Å². The third kappa shape index (κ3) is 2.84. The maximum atomic E-state index is 4.66. The number of aryl methyl sites for hydroxylation is 1. The van der Waals surface area contributed by atoms with E-state index in [9.17, 15) is 0 Å². The summed E-state index contributed by atoms with van der Waals surface area (Å²) in [4.78, 5) is 8.72. The molecule has 0 radical (unpaired) electrons. The first kappa shape index (κ1) is 14.4. The Kier molecular flexibility index (Phi) is 3.67. The SMILES string of the molecule is Cc1cc2ccccc2c(Nc2ccc(-c3ccncc3)cc2)n1. The molecule has 3 heteroatoms. The number of aromatic nitrogens is 2. The minimum atomic E-state index is 0.891. The van der Waals surface area contributed by atoms with Crippen LogP contribution in [-0.4, -0.2) is 9.97 Å². The Labute approximate surface area is 141 Å². The summed E-state index contributed by atoms with van der Waals surface area (Å²) in [7, 11) is 0. The number of nitrogens with zero attached hydrogens (tertiary/aromatic N) is 2. The molecule has 24 heavy (non-hydrogen) atoms. The molecule has 2 aromatic heterocycles. The van der Waals surface area contributed by atoms with Gasteiger partial charge in [-0.05, 0) is 53.8 Å². The third-order valence-electron chi connectivity index (χ3n) is 4.03. The number of fused-ring (bicyclic) bond motifs is 1. The lowest BCUT2D eigenvalue weighted by Gasteiger charge is -2.11. The van der Waals surface area contributed by atoms with Crippen LogP contribution in [0.15, 0.2) is 79.1 Å². The van der Waals surface area contributed by atoms with Crippen LogP contribution in [0.4, 0.5) is 11.5 Å². The summed E-state index contributed by atoms with van der Waals surface area (Å²) in [5.74, 6) is 0.891. The minimum Gasteiger partial charge on any atom is -0.340 e. The molecule has 0 spiro atoms. The molecule has 2 aromatic carbocycles. The van der Waals surface area contributed by atoms with Crippen molar-refractivity contribution >= 4 is 22.3 Å². The molecule has 116 valence electrons. The van der Waals surface area contributed by atoms with Gasteiger partial charge in [0.1, 0.15) is 5.82 Å². The number of benzene rings is 2. The molecule has 4 rings (SSSR count). The van der Waals surface area contributed by atoms with Gasteiger partial charge in [-0.25, -0.2) is 4.98 Å². The van der Waals surface area contributed by atoms with E-state index < -0.39 is 0 Å². The van der Waals surface area contributed by atoms with Gasteiger partial charge >= 0.3 is 0 Å². The second kappa shape index (κ2) is 6.13. The van der Waals surface area contributed by atoms with Gasteiger partial charge in [-0.3, -0.25) is 4.98 Å². The van der Waals surface area contributed by atoms with Crippen LogP contribution >= 0.6 is 0 Å². The van der Waals surface area contributed by atoms with Gasteiger partial charge in [0.2, 0.25) is 0 Å². The molecule has 4 aromatic rings. The van der Waals surface area contributed by atoms with Crippen LogP contribution in [0.2, 0.25) is 0 Å². The molecule has 0 aliphatic rings. The summed E-state index contributed by atoms with van der Waals surface area (Å²) in [5.41, 5.74) is 4.36. The zero-order valence-corrected chi connectivity index (χ0v) is 13.4. The van der Waals surface area contributed by atoms with E-state index >= 15 is 0 Å². The fourth-order valence-electron chi connectivity index (χ4n) is 2.85. The van der Waals surface area contributed by atoms with Crippen LogP contribution in [0.25, 0.3) is 21.9 Å². The van der Waals surface area contributed by atoms with Gasteiger partial charge in [0, 0.05) is 29.2 Å². The van der Waals surface area contributed by atoms with Gasteiger partial charge in [0.25, 0.3) is 0 Å². The maximum Gasteiger partial charge on any atom is 0.138 e. The number of pyridine rings is 2. The second-order valence-corrected chi connectivity index (χ2v) is 5.77. The summed E-state index contributed by atoms with van der Waals surface area (Å²) < 4.78 is 0. The van der Waals surface area contributed by atoms with Crippen LogP contribution in [-0.2, 0) is 0 Å². The average molecular weight is 311 g/mol. The zero-order chi connectivity index (χ0) is 16.4. The number of rotatable bonds is 3. The summed E-state index contributed by atoms with van der Waals surface area (Å²) in [6.07, 6.45) is 3.62. The van der Waals surface area contributed by atoms with E-state index in [4.69, 9.17) is 0 Å². The predicted molar refractivity (Wildman–Crippen MR) is 99.4 cm³/mol. The molecule has 0 saturated carbocycles. The van der Waals surface area contributed by atoms with Crippen LogP contribution in [0.1, 0.15) is 5.69 Å². The molecular formula is C21H17N3. The van der Waals surface area contributed by atoms with Gasteiger partial charge in [-0.15, -0.1) is 0 Å². The Morgan fingerprint density at radius 3 is 2.29 bits per heavy atom. The topological polar surface area (TPSA) is 37.8 Å². The van der Waals surface area contributed by atoms with Crippen molar-refractivity contribution in [1.82, 2.24) is 9.97 Å². The summed E-state index contributed by atoms with van der Waals surface area (Å²) in [5, 5.41) is 5.76. The highest BCUT2D eigenvalue weighted by molar-refractivity contribution is 5.93. The molecule has 0 bridgehead atoms. The van der Waals surface area contributed by atoms with E-state index in [1.807, 2.05) is 37.5 Å². The summed E-state index contributed by atoms with van der Waals surface area (Å²) in [6.45, 7) is 2.02. The largest absolute Gasteiger partial charge is 0.340 e. The van der Waals surface area contributed by atoms with Crippen molar-refractivity contribution in [2.45, 2.75) is 6.92 Å². The van der Waals surface area contributed by atoms with Crippen molar-refractivity contribution in [3.63, 3.8) is 0 Å². The van der Waals surface area contributed by atoms with E-state index in [1.165, 1.54) is 10.9 Å². The average Bonchev–Trinajstić information content (AvgIpc) is 2.63. The number of anilines is 2. The number of nitrogens with one attached hydrogen (secondary N) is 1. The van der Waals surface area contributed by atoms with E-state index in [1.54, 1.807) is 0 Å². The highest BCUT2D eigenvalue weighted by atomic mass is 15.0. The molecule has 0 aliphatic carbocycles. The van der Waals surface area contributed by atoms with Crippen LogP contribution < -0.4 is 5.32 Å². The molecule has 0 fully saturated rings. The van der Waals surface area contributed by atoms with Gasteiger partial charge in [-0.2, -0.15) is 0 Å². The Hall–Kier alpha value is -3.20. The fraction of sp³-hybridized carbons (Fsp3) is 0.0476. The summed E-state index contributed by atoms with van der Waals surface area (Å²) >= 11 is 0. The van der Waals surface area contributed by atoms with Gasteiger partial charge in [-0.1, -0.05) is 36.4 Å². The molecule has 0 atom stereocenters. The number of hydrogen-bond donors (Lipinski definition) is 1. The Morgan fingerprint density at radius 2 is 1.50 bits per heavy atom. The van der Waals surface area contributed by atoms with Crippen molar-refractivity contribution in [3.8, 4) is 11.1 Å². The highest BCUT2D eigenvalue weighted by Crippen LogP contribution is 2.27. The molecule has 3 nitrogen and oxygen atoms in total. The second-order valence-electron chi connectivity index (χ2n) is 5.77. The molecule has 0 saturated heterocycles. The first-order valence-corrected chi connectivity index (χ1v) is 7.93. The normalized spacial score (nSPS) is 10.7. The predicted octanol–water partition coefficient (Wildman–Crippen LogP) is 5.35. The monoisotopic (exact) mass is 311 g/mol. The van der Waals surface area contributed by atoms with E-state index in [2.05, 4.69) is 63.8 Å². The van der Waals surface area contributed by atoms with E-state index in [-0.39, 0.29) is 0 Å². The number of hydrogen-bond acceptors (Lipinski definition) is 3. The van der Waals surface area contributed by atoms with Crippen molar-refractivity contribution in [3.05, 3.63) is 84.8 Å². The lowest BCUT2D eigenvalue weighted by atomic mass is 10.1. The van der Waals surface area contributed by atoms with E-state index in [0.29, 0.717) is 0 Å². The molecule has 0 amide bonds. The van der Waals surface area contributed by atoms with Crippen molar-refractivity contribution in [1.29, 1.82) is 0 Å². The smallest absolute Gasteiger partial charge is 0.138 e. The van der Waals surface area contributed by atoms with Crippen molar-refractivity contribution in [2.75, 3.05) is 5.32 Å². The molecule has 1 N–H and O–H groups in total. The van der Waals surface area contributed by atoms with Gasteiger partial charge < -0.3 is 5.32 Å². The third-order valence-corrected chi connectivity index (χ3v) is 4.03. The van der Waals surface area contributed by atoms with Crippen LogP contribution in [0.5, 0.6) is 0 Å². The highest BCUT2D eigenvalue weighted by Gasteiger charge is 2.05. The Bertz CT molecular complexity index is 977. The van der Waals surface area contributed by atoms with Crippen LogP contribution in [0, 0.1) is 6.92 Å².